The van der Waals surface area contributed by atoms with Gasteiger partial charge in [-0.05, 0) is 17.7 Å². The van der Waals surface area contributed by atoms with Crippen molar-refractivity contribution in [2.24, 2.45) is 0 Å². The molecule has 1 aliphatic heterocycles. The van der Waals surface area contributed by atoms with Crippen LogP contribution in [0.25, 0.3) is 10.9 Å². The Morgan fingerprint density at radius 1 is 1.21 bits per heavy atom. The van der Waals surface area contributed by atoms with Crippen LogP contribution in [0.2, 0.25) is 0 Å². The van der Waals surface area contributed by atoms with Crippen LogP contribution in [0.15, 0.2) is 53.4 Å². The number of rotatable bonds is 4. The molecule has 1 unspecified atom stereocenters. The van der Waals surface area contributed by atoms with E-state index in [2.05, 4.69) is 4.98 Å². The first-order chi connectivity index (χ1) is 13.8. The normalized spacial score (nSPS) is 17.1. The number of ether oxygens (including phenoxy) is 1. The first-order valence-corrected chi connectivity index (χ1v) is 10.2. The molecule has 2 aromatic carbocycles. The lowest BCUT2D eigenvalue weighted by Gasteiger charge is -2.32. The average molecular weight is 415 g/mol. The number of benzene rings is 2. The monoisotopic (exact) mass is 415 g/mol. The lowest BCUT2D eigenvalue weighted by Crippen LogP contribution is -2.49. The largest absolute Gasteiger partial charge is 0.468 e. The molecule has 29 heavy (non-hydrogen) atoms. The molecule has 0 amide bonds. The van der Waals surface area contributed by atoms with Gasteiger partial charge in [-0.25, -0.2) is 8.42 Å². The van der Waals surface area contributed by atoms with Gasteiger partial charge in [-0.2, -0.15) is 4.31 Å². The summed E-state index contributed by atoms with van der Waals surface area (Å²) in [6.07, 6.45) is 0.103. The molecule has 0 radical (unpaired) electrons. The molecular weight excluding hydrogens is 398 g/mol. The number of carbonyl (C=O) groups is 1. The zero-order valence-electron chi connectivity index (χ0n) is 15.4. The van der Waals surface area contributed by atoms with Crippen molar-refractivity contribution in [2.45, 2.75) is 23.9 Å². The van der Waals surface area contributed by atoms with E-state index < -0.39 is 37.5 Å². The first kappa shape index (κ1) is 19.1. The van der Waals surface area contributed by atoms with Crippen LogP contribution in [0.3, 0.4) is 0 Å². The third kappa shape index (κ3) is 3.06. The minimum Gasteiger partial charge on any atom is -0.468 e. The van der Waals surface area contributed by atoms with Crippen LogP contribution in [0, 0.1) is 10.1 Å². The van der Waals surface area contributed by atoms with Crippen LogP contribution in [0.5, 0.6) is 0 Å². The fourth-order valence-corrected chi connectivity index (χ4v) is 5.43. The van der Waals surface area contributed by atoms with Crippen LogP contribution in [-0.2, 0) is 32.5 Å². The Morgan fingerprint density at radius 2 is 1.90 bits per heavy atom. The molecule has 150 valence electrons. The van der Waals surface area contributed by atoms with Crippen molar-refractivity contribution in [1.29, 1.82) is 0 Å². The van der Waals surface area contributed by atoms with E-state index in [1.807, 2.05) is 24.3 Å². The molecule has 1 atom stereocenters. The molecule has 0 saturated heterocycles. The van der Waals surface area contributed by atoms with Crippen molar-refractivity contribution in [3.05, 3.63) is 69.9 Å². The number of sulfonamides is 1. The number of hydrogen-bond acceptors (Lipinski definition) is 6. The fraction of sp³-hybridized carbons (Fsp3) is 0.211. The smallest absolute Gasteiger partial charge is 0.324 e. The summed E-state index contributed by atoms with van der Waals surface area (Å²) in [5.41, 5.74) is 1.77. The summed E-state index contributed by atoms with van der Waals surface area (Å²) in [5.74, 6) is -0.719. The van der Waals surface area contributed by atoms with Crippen molar-refractivity contribution in [2.75, 3.05) is 7.11 Å². The van der Waals surface area contributed by atoms with Gasteiger partial charge in [-0.3, -0.25) is 14.9 Å². The second-order valence-electron chi connectivity index (χ2n) is 6.65. The van der Waals surface area contributed by atoms with Crippen molar-refractivity contribution < 1.29 is 22.9 Å². The van der Waals surface area contributed by atoms with E-state index in [0.717, 1.165) is 26.8 Å². The Hall–Kier alpha value is -3.24. The van der Waals surface area contributed by atoms with E-state index in [4.69, 9.17) is 4.74 Å². The molecule has 0 saturated carbocycles. The van der Waals surface area contributed by atoms with Gasteiger partial charge in [0.25, 0.3) is 15.7 Å². The second kappa shape index (κ2) is 6.98. The number of nitrogens with zero attached hydrogens (tertiary/aromatic N) is 2. The fourth-order valence-electron chi connectivity index (χ4n) is 3.73. The minimum atomic E-state index is -4.35. The second-order valence-corrected chi connectivity index (χ2v) is 8.50. The zero-order chi connectivity index (χ0) is 20.8. The molecule has 1 aliphatic rings. The predicted octanol–water partition coefficient (Wildman–Crippen LogP) is 2.36. The topological polar surface area (TPSA) is 123 Å². The van der Waals surface area contributed by atoms with Gasteiger partial charge >= 0.3 is 5.97 Å². The standard InChI is InChI=1S/C19H17N3O6S/c1-28-19(23)17-10-13-12-6-2-3-7-14(12)20-15(13)11-21(17)29(26,27)18-9-5-4-8-16(18)22(24)25/h2-9,17,20H,10-11H2,1H3. The minimum absolute atomic E-state index is 0.103. The highest BCUT2D eigenvalue weighted by atomic mass is 32.2. The third-order valence-corrected chi connectivity index (χ3v) is 6.98. The number of fused-ring (bicyclic) bond motifs is 3. The van der Waals surface area contributed by atoms with Crippen molar-refractivity contribution in [3.63, 3.8) is 0 Å². The van der Waals surface area contributed by atoms with E-state index in [1.165, 1.54) is 25.3 Å². The van der Waals surface area contributed by atoms with Crippen LogP contribution >= 0.6 is 0 Å². The number of methoxy groups -OCH3 is 1. The Balaban J connectivity index is 1.87. The van der Waals surface area contributed by atoms with Crippen LogP contribution in [-0.4, -0.2) is 41.8 Å². The first-order valence-electron chi connectivity index (χ1n) is 8.76. The molecule has 4 rings (SSSR count). The highest BCUT2D eigenvalue weighted by Gasteiger charge is 2.43. The molecule has 10 heteroatoms. The Morgan fingerprint density at radius 3 is 2.62 bits per heavy atom. The molecule has 1 aromatic heterocycles. The summed E-state index contributed by atoms with van der Waals surface area (Å²) in [6.45, 7) is -0.127. The molecule has 2 heterocycles. The van der Waals surface area contributed by atoms with E-state index >= 15 is 0 Å². The molecule has 3 aromatic rings. The van der Waals surface area contributed by atoms with Gasteiger partial charge in [0.05, 0.1) is 18.6 Å². The van der Waals surface area contributed by atoms with Crippen LogP contribution in [0.4, 0.5) is 5.69 Å². The molecule has 0 aliphatic carbocycles. The number of aromatic amines is 1. The quantitative estimate of drug-likeness (QED) is 0.396. The zero-order valence-corrected chi connectivity index (χ0v) is 16.2. The number of carbonyl (C=O) groups excluding carboxylic acids is 1. The number of hydrogen-bond donors (Lipinski definition) is 1. The molecule has 1 N–H and O–H groups in total. The summed E-state index contributed by atoms with van der Waals surface area (Å²) in [5, 5.41) is 12.3. The summed E-state index contributed by atoms with van der Waals surface area (Å²) in [7, 11) is -3.17. The van der Waals surface area contributed by atoms with E-state index in [0.29, 0.717) is 5.69 Å². The summed E-state index contributed by atoms with van der Waals surface area (Å²) < 4.78 is 32.6. The maximum atomic E-state index is 13.4. The number of nitrogens with one attached hydrogen (secondary N) is 1. The predicted molar refractivity (Wildman–Crippen MR) is 104 cm³/mol. The molecule has 9 nitrogen and oxygen atoms in total. The van der Waals surface area contributed by atoms with Crippen LogP contribution in [0.1, 0.15) is 11.3 Å². The summed E-state index contributed by atoms with van der Waals surface area (Å²) >= 11 is 0. The third-order valence-electron chi connectivity index (χ3n) is 5.08. The molecule has 0 spiro atoms. The van der Waals surface area contributed by atoms with Gasteiger partial charge < -0.3 is 9.72 Å². The highest BCUT2D eigenvalue weighted by Crippen LogP contribution is 2.35. The Bertz CT molecular complexity index is 1230. The lowest BCUT2D eigenvalue weighted by atomic mass is 9.98. The maximum absolute atomic E-state index is 13.4. The molecular formula is C19H17N3O6S. The van der Waals surface area contributed by atoms with Gasteiger partial charge in [0.15, 0.2) is 4.90 Å². The highest BCUT2D eigenvalue weighted by molar-refractivity contribution is 7.89. The van der Waals surface area contributed by atoms with Gasteiger partial charge in [0.1, 0.15) is 6.04 Å². The van der Waals surface area contributed by atoms with Gasteiger partial charge in [-0.1, -0.05) is 30.3 Å². The summed E-state index contributed by atoms with van der Waals surface area (Å²) in [6, 6.07) is 11.4. The van der Waals surface area contributed by atoms with E-state index in [1.54, 1.807) is 0 Å². The number of nitro groups is 1. The average Bonchev–Trinajstić information content (AvgIpc) is 3.10. The molecule has 0 fully saturated rings. The Kier molecular flexibility index (Phi) is 4.59. The summed E-state index contributed by atoms with van der Waals surface area (Å²) in [4.78, 5) is 25.8. The lowest BCUT2D eigenvalue weighted by molar-refractivity contribution is -0.387. The maximum Gasteiger partial charge on any atom is 0.324 e. The SMILES string of the molecule is COC(=O)C1Cc2c([nH]c3ccccc23)CN1S(=O)(=O)c1ccccc1[N+](=O)[O-]. The van der Waals surface area contributed by atoms with Gasteiger partial charge in [-0.15, -0.1) is 0 Å². The van der Waals surface area contributed by atoms with Crippen molar-refractivity contribution >= 4 is 32.6 Å². The van der Waals surface area contributed by atoms with Crippen LogP contribution < -0.4 is 0 Å². The van der Waals surface area contributed by atoms with E-state index in [-0.39, 0.29) is 13.0 Å². The van der Waals surface area contributed by atoms with Crippen molar-refractivity contribution in [3.8, 4) is 0 Å². The van der Waals surface area contributed by atoms with Gasteiger partial charge in [0.2, 0.25) is 0 Å². The van der Waals surface area contributed by atoms with Gasteiger partial charge in [0, 0.05) is 29.1 Å². The number of esters is 1. The number of nitro benzene ring substituents is 1. The van der Waals surface area contributed by atoms with Crippen molar-refractivity contribution in [1.82, 2.24) is 9.29 Å². The number of para-hydroxylation sites is 2. The Labute approximate surface area is 166 Å². The van der Waals surface area contributed by atoms with E-state index in [9.17, 15) is 23.3 Å². The number of H-pyrrole nitrogens is 1. The molecule has 0 bridgehead atoms. The number of aromatic nitrogens is 1.